The van der Waals surface area contributed by atoms with Crippen molar-refractivity contribution in [3.05, 3.63) is 11.8 Å². The molecule has 1 fully saturated rings. The number of carbonyl (C=O) groups is 1. The molecule has 2 rings (SSSR count). The fourth-order valence-electron chi connectivity index (χ4n) is 2.50. The number of allylic oxidation sites excluding steroid dienone is 1. The van der Waals surface area contributed by atoms with Crippen LogP contribution in [0, 0.1) is 5.41 Å². The van der Waals surface area contributed by atoms with Crippen molar-refractivity contribution in [2.24, 2.45) is 5.41 Å². The zero-order valence-corrected chi connectivity index (χ0v) is 8.71. The van der Waals surface area contributed by atoms with E-state index < -0.39 is 5.41 Å². The van der Waals surface area contributed by atoms with Gasteiger partial charge in [-0.3, -0.25) is 4.79 Å². The van der Waals surface area contributed by atoms with Crippen molar-refractivity contribution in [1.82, 2.24) is 0 Å². The Labute approximate surface area is 84.1 Å². The highest BCUT2D eigenvalue weighted by atomic mass is 16.5. The fraction of sp³-hybridized carbons (Fsp3) is 0.727. The van der Waals surface area contributed by atoms with Gasteiger partial charge in [0.15, 0.2) is 0 Å². The SMILES string of the molecule is CCC1=C[C@]2(C(=O)OC)CCC[C@@H]2O1. The number of hydrogen-bond donors (Lipinski definition) is 0. The molecule has 78 valence electrons. The van der Waals surface area contributed by atoms with Crippen molar-refractivity contribution in [1.29, 1.82) is 0 Å². The van der Waals surface area contributed by atoms with Crippen molar-refractivity contribution in [2.45, 2.75) is 38.7 Å². The second-order valence-electron chi connectivity index (χ2n) is 3.99. The van der Waals surface area contributed by atoms with Crippen LogP contribution in [-0.2, 0) is 14.3 Å². The van der Waals surface area contributed by atoms with Gasteiger partial charge in [0.1, 0.15) is 11.5 Å². The molecule has 3 nitrogen and oxygen atoms in total. The molecule has 3 heteroatoms. The zero-order valence-electron chi connectivity index (χ0n) is 8.71. The lowest BCUT2D eigenvalue weighted by Crippen LogP contribution is -2.35. The van der Waals surface area contributed by atoms with Gasteiger partial charge in [0.2, 0.25) is 0 Å². The highest BCUT2D eigenvalue weighted by molar-refractivity contribution is 5.81. The summed E-state index contributed by atoms with van der Waals surface area (Å²) in [5.74, 6) is 0.809. The monoisotopic (exact) mass is 196 g/mol. The van der Waals surface area contributed by atoms with Crippen LogP contribution in [0.5, 0.6) is 0 Å². The maximum atomic E-state index is 11.7. The van der Waals surface area contributed by atoms with Crippen LogP contribution in [0.4, 0.5) is 0 Å². The van der Waals surface area contributed by atoms with E-state index in [1.165, 1.54) is 7.11 Å². The Balaban J connectivity index is 2.29. The predicted molar refractivity (Wildman–Crippen MR) is 51.5 cm³/mol. The molecule has 0 saturated heterocycles. The second kappa shape index (κ2) is 3.30. The first kappa shape index (κ1) is 9.56. The molecule has 14 heavy (non-hydrogen) atoms. The largest absolute Gasteiger partial charge is 0.494 e. The molecule has 0 bridgehead atoms. The van der Waals surface area contributed by atoms with E-state index in [1.807, 2.05) is 13.0 Å². The molecule has 1 heterocycles. The molecular formula is C11H16O3. The first-order valence-electron chi connectivity index (χ1n) is 5.19. The quantitative estimate of drug-likeness (QED) is 0.634. The molecule has 1 saturated carbocycles. The molecule has 0 amide bonds. The van der Waals surface area contributed by atoms with E-state index in [0.717, 1.165) is 31.4 Å². The Kier molecular flexibility index (Phi) is 2.25. The highest BCUT2D eigenvalue weighted by Crippen LogP contribution is 2.48. The van der Waals surface area contributed by atoms with Crippen LogP contribution in [-0.4, -0.2) is 19.2 Å². The van der Waals surface area contributed by atoms with E-state index in [0.29, 0.717) is 0 Å². The Hall–Kier alpha value is -0.990. The molecule has 0 unspecified atom stereocenters. The normalized spacial score (nSPS) is 34.7. The van der Waals surface area contributed by atoms with E-state index in [-0.39, 0.29) is 12.1 Å². The average molecular weight is 196 g/mol. The standard InChI is InChI=1S/C11H16O3/c1-3-8-7-11(10(12)13-2)6-4-5-9(11)14-8/h7,9H,3-6H2,1-2H3/t9-,11+/m0/s1. The predicted octanol–water partition coefficient (Wildman–Crippen LogP) is 2.02. The van der Waals surface area contributed by atoms with Crippen LogP contribution in [0.2, 0.25) is 0 Å². The first-order chi connectivity index (χ1) is 6.73. The number of ether oxygens (including phenoxy) is 2. The third-order valence-electron chi connectivity index (χ3n) is 3.26. The summed E-state index contributed by atoms with van der Waals surface area (Å²) >= 11 is 0. The van der Waals surface area contributed by atoms with Crippen LogP contribution in [0.1, 0.15) is 32.6 Å². The van der Waals surface area contributed by atoms with Crippen LogP contribution in [0.3, 0.4) is 0 Å². The lowest BCUT2D eigenvalue weighted by atomic mass is 9.85. The summed E-state index contributed by atoms with van der Waals surface area (Å²) in [7, 11) is 1.45. The van der Waals surface area contributed by atoms with Crippen molar-refractivity contribution in [2.75, 3.05) is 7.11 Å². The first-order valence-corrected chi connectivity index (χ1v) is 5.19. The van der Waals surface area contributed by atoms with Gasteiger partial charge in [0, 0.05) is 6.42 Å². The Morgan fingerprint density at radius 2 is 2.57 bits per heavy atom. The molecule has 1 aliphatic carbocycles. The number of rotatable bonds is 2. The fourth-order valence-corrected chi connectivity index (χ4v) is 2.50. The maximum absolute atomic E-state index is 11.7. The minimum Gasteiger partial charge on any atom is -0.494 e. The van der Waals surface area contributed by atoms with Gasteiger partial charge in [-0.05, 0) is 25.3 Å². The topological polar surface area (TPSA) is 35.5 Å². The van der Waals surface area contributed by atoms with E-state index in [4.69, 9.17) is 9.47 Å². The molecule has 2 atom stereocenters. The molecule has 2 aliphatic rings. The van der Waals surface area contributed by atoms with E-state index in [2.05, 4.69) is 0 Å². The third kappa shape index (κ3) is 1.15. The molecule has 0 aromatic heterocycles. The van der Waals surface area contributed by atoms with Crippen molar-refractivity contribution in [3.63, 3.8) is 0 Å². The Bertz CT molecular complexity index is 282. The van der Waals surface area contributed by atoms with Crippen LogP contribution >= 0.6 is 0 Å². The number of carbonyl (C=O) groups excluding carboxylic acids is 1. The molecule has 0 aromatic carbocycles. The third-order valence-corrected chi connectivity index (χ3v) is 3.26. The maximum Gasteiger partial charge on any atom is 0.319 e. The van der Waals surface area contributed by atoms with Crippen molar-refractivity contribution < 1.29 is 14.3 Å². The minimum atomic E-state index is -0.458. The Morgan fingerprint density at radius 1 is 1.79 bits per heavy atom. The molecule has 0 radical (unpaired) electrons. The second-order valence-corrected chi connectivity index (χ2v) is 3.99. The summed E-state index contributed by atoms with van der Waals surface area (Å²) in [5, 5.41) is 0. The van der Waals surface area contributed by atoms with Gasteiger partial charge >= 0.3 is 5.97 Å². The summed E-state index contributed by atoms with van der Waals surface area (Å²) in [5.41, 5.74) is -0.458. The van der Waals surface area contributed by atoms with E-state index >= 15 is 0 Å². The molecular weight excluding hydrogens is 180 g/mol. The van der Waals surface area contributed by atoms with Crippen LogP contribution < -0.4 is 0 Å². The molecule has 0 spiro atoms. The van der Waals surface area contributed by atoms with Gasteiger partial charge in [-0.2, -0.15) is 0 Å². The van der Waals surface area contributed by atoms with Gasteiger partial charge in [-0.15, -0.1) is 0 Å². The van der Waals surface area contributed by atoms with Gasteiger partial charge in [0.05, 0.1) is 12.9 Å². The summed E-state index contributed by atoms with van der Waals surface area (Å²) in [6.07, 6.45) is 5.76. The number of methoxy groups -OCH3 is 1. The lowest BCUT2D eigenvalue weighted by molar-refractivity contribution is -0.152. The summed E-state index contributed by atoms with van der Waals surface area (Å²) in [6, 6.07) is 0. The number of esters is 1. The smallest absolute Gasteiger partial charge is 0.319 e. The van der Waals surface area contributed by atoms with Gasteiger partial charge < -0.3 is 9.47 Å². The molecule has 0 N–H and O–H groups in total. The van der Waals surface area contributed by atoms with Crippen molar-refractivity contribution in [3.8, 4) is 0 Å². The van der Waals surface area contributed by atoms with E-state index in [9.17, 15) is 4.79 Å². The minimum absolute atomic E-state index is 0.0323. The highest BCUT2D eigenvalue weighted by Gasteiger charge is 2.53. The molecule has 0 aromatic rings. The van der Waals surface area contributed by atoms with Crippen LogP contribution in [0.15, 0.2) is 11.8 Å². The summed E-state index contributed by atoms with van der Waals surface area (Å²) in [6.45, 7) is 2.04. The molecule has 1 aliphatic heterocycles. The van der Waals surface area contributed by atoms with Gasteiger partial charge in [-0.1, -0.05) is 6.92 Å². The Morgan fingerprint density at radius 3 is 3.21 bits per heavy atom. The van der Waals surface area contributed by atoms with Gasteiger partial charge in [-0.25, -0.2) is 0 Å². The summed E-state index contributed by atoms with van der Waals surface area (Å²) < 4.78 is 10.6. The number of hydrogen-bond acceptors (Lipinski definition) is 3. The zero-order chi connectivity index (χ0) is 10.2. The lowest BCUT2D eigenvalue weighted by Gasteiger charge is -2.22. The summed E-state index contributed by atoms with van der Waals surface area (Å²) in [4.78, 5) is 11.7. The number of fused-ring (bicyclic) bond motifs is 1. The average Bonchev–Trinajstić information content (AvgIpc) is 2.72. The van der Waals surface area contributed by atoms with Crippen LogP contribution in [0.25, 0.3) is 0 Å². The van der Waals surface area contributed by atoms with E-state index in [1.54, 1.807) is 0 Å². The van der Waals surface area contributed by atoms with Gasteiger partial charge in [0.25, 0.3) is 0 Å². The van der Waals surface area contributed by atoms with Crippen molar-refractivity contribution >= 4 is 5.97 Å².